The Balaban J connectivity index is 1.70. The lowest BCUT2D eigenvalue weighted by molar-refractivity contribution is -0.151. The highest BCUT2D eigenvalue weighted by Crippen LogP contribution is 2.24. The molecule has 1 aromatic carbocycles. The summed E-state index contributed by atoms with van der Waals surface area (Å²) < 4.78 is 16.0. The van der Waals surface area contributed by atoms with E-state index in [0.29, 0.717) is 25.9 Å². The number of methoxy groups -OCH3 is 1. The quantitative estimate of drug-likeness (QED) is 0.408. The van der Waals surface area contributed by atoms with Gasteiger partial charge in [0.15, 0.2) is 0 Å². The summed E-state index contributed by atoms with van der Waals surface area (Å²) >= 11 is 0. The lowest BCUT2D eigenvalue weighted by Gasteiger charge is -2.46. The third-order valence-electron chi connectivity index (χ3n) is 5.78. The molecule has 1 aromatic rings. The van der Waals surface area contributed by atoms with Crippen LogP contribution in [0.25, 0.3) is 0 Å². The first-order chi connectivity index (χ1) is 16.2. The maximum atomic E-state index is 12.8. The fraction of sp³-hybridized carbons (Fsp3) is 0.560. The molecule has 34 heavy (non-hydrogen) atoms. The molecule has 0 aromatic heterocycles. The molecule has 3 unspecified atom stereocenters. The second-order valence-corrected chi connectivity index (χ2v) is 9.62. The first-order valence-electron chi connectivity index (χ1n) is 11.6. The van der Waals surface area contributed by atoms with E-state index >= 15 is 0 Å². The molecule has 0 radical (unpaired) electrons. The Morgan fingerprint density at radius 3 is 2.41 bits per heavy atom. The van der Waals surface area contributed by atoms with Crippen molar-refractivity contribution in [3.8, 4) is 0 Å². The van der Waals surface area contributed by atoms with E-state index < -0.39 is 29.8 Å². The van der Waals surface area contributed by atoms with E-state index in [1.165, 1.54) is 7.11 Å². The summed E-state index contributed by atoms with van der Waals surface area (Å²) in [6, 6.07) is 8.41. The van der Waals surface area contributed by atoms with Crippen molar-refractivity contribution in [2.24, 2.45) is 0 Å². The lowest BCUT2D eigenvalue weighted by Crippen LogP contribution is -2.65. The zero-order valence-corrected chi connectivity index (χ0v) is 20.4. The second kappa shape index (κ2) is 11.4. The number of piperazine rings is 1. The Hall–Kier alpha value is -3.07. The Bertz CT molecular complexity index is 882. The number of carbonyl (C=O) groups excluding carboxylic acids is 3. The first kappa shape index (κ1) is 25.6. The van der Waals surface area contributed by atoms with Gasteiger partial charge in [-0.05, 0) is 39.2 Å². The number of esters is 1. The van der Waals surface area contributed by atoms with E-state index in [4.69, 9.17) is 14.2 Å². The van der Waals surface area contributed by atoms with Crippen molar-refractivity contribution in [3.05, 3.63) is 48.0 Å². The van der Waals surface area contributed by atoms with E-state index in [-0.39, 0.29) is 25.2 Å². The van der Waals surface area contributed by atoms with Crippen LogP contribution in [0.4, 0.5) is 9.59 Å². The molecule has 1 saturated heterocycles. The molecule has 0 bridgehead atoms. The molecule has 0 spiro atoms. The normalized spacial score (nSPS) is 24.1. The molecular formula is C25H35N3O6. The molecule has 9 nitrogen and oxygen atoms in total. The number of fused-ring (bicyclic) bond motifs is 1. The summed E-state index contributed by atoms with van der Waals surface area (Å²) in [6.07, 6.45) is 4.34. The molecule has 186 valence electrons. The Kier molecular flexibility index (Phi) is 8.55. The number of hydrogen-bond acceptors (Lipinski definition) is 7. The van der Waals surface area contributed by atoms with Gasteiger partial charge < -0.3 is 24.4 Å². The van der Waals surface area contributed by atoms with Crippen molar-refractivity contribution < 1.29 is 28.6 Å². The van der Waals surface area contributed by atoms with Gasteiger partial charge in [0.2, 0.25) is 0 Å². The molecule has 2 aliphatic rings. The number of benzene rings is 1. The van der Waals surface area contributed by atoms with Crippen molar-refractivity contribution in [1.29, 1.82) is 0 Å². The Morgan fingerprint density at radius 1 is 1.03 bits per heavy atom. The van der Waals surface area contributed by atoms with Crippen LogP contribution in [0.15, 0.2) is 42.5 Å². The van der Waals surface area contributed by atoms with Crippen LogP contribution in [0.1, 0.15) is 39.2 Å². The van der Waals surface area contributed by atoms with Gasteiger partial charge >= 0.3 is 18.2 Å². The molecule has 3 atom stereocenters. The highest BCUT2D eigenvalue weighted by atomic mass is 16.6. The molecule has 0 aliphatic carbocycles. The Morgan fingerprint density at radius 2 is 1.74 bits per heavy atom. The molecular weight excluding hydrogens is 438 g/mol. The minimum atomic E-state index is -0.664. The summed E-state index contributed by atoms with van der Waals surface area (Å²) in [7, 11) is 1.34. The zero-order valence-electron chi connectivity index (χ0n) is 20.4. The largest absolute Gasteiger partial charge is 0.468 e. The molecule has 2 heterocycles. The van der Waals surface area contributed by atoms with Gasteiger partial charge in [-0.3, -0.25) is 9.69 Å². The maximum absolute atomic E-state index is 12.8. The van der Waals surface area contributed by atoms with Crippen molar-refractivity contribution in [2.45, 2.75) is 63.9 Å². The third-order valence-corrected chi connectivity index (χ3v) is 5.78. The van der Waals surface area contributed by atoms with Gasteiger partial charge in [-0.15, -0.1) is 0 Å². The average Bonchev–Trinajstić information content (AvgIpc) is 2.77. The average molecular weight is 474 g/mol. The van der Waals surface area contributed by atoms with Crippen molar-refractivity contribution in [3.63, 3.8) is 0 Å². The number of hydrogen-bond donors (Lipinski definition) is 1. The van der Waals surface area contributed by atoms with Crippen LogP contribution in [-0.2, 0) is 25.6 Å². The standard InChI is InChI=1S/C25H35N3O6/c1-25(2,3)34-23(30)26-19-12-8-9-13-20-15-27(16-21(22(29)32-4)28(20)14-19)24(31)33-17-18-10-6-5-7-11-18/h5-11,19-21H,12-17H2,1-4H3,(H,26,30)/b9-8-. The number of amides is 2. The molecule has 1 N–H and O–H groups in total. The molecule has 2 amide bonds. The first-order valence-corrected chi connectivity index (χ1v) is 11.6. The third kappa shape index (κ3) is 7.21. The van der Waals surface area contributed by atoms with Gasteiger partial charge in [0.05, 0.1) is 13.7 Å². The fourth-order valence-electron chi connectivity index (χ4n) is 4.22. The lowest BCUT2D eigenvalue weighted by atomic mass is 9.98. The second-order valence-electron chi connectivity index (χ2n) is 9.62. The van der Waals surface area contributed by atoms with Crippen LogP contribution < -0.4 is 5.32 Å². The van der Waals surface area contributed by atoms with E-state index in [9.17, 15) is 14.4 Å². The fourth-order valence-corrected chi connectivity index (χ4v) is 4.22. The SMILES string of the molecule is COC(=O)C1CN(C(=O)OCc2ccccc2)CC2C/C=C\CC(NC(=O)OC(C)(C)C)CN21. The summed E-state index contributed by atoms with van der Waals surface area (Å²) in [5.74, 6) is -0.425. The number of ether oxygens (including phenoxy) is 3. The van der Waals surface area contributed by atoms with Gasteiger partial charge in [0.25, 0.3) is 0 Å². The van der Waals surface area contributed by atoms with Gasteiger partial charge in [0.1, 0.15) is 18.2 Å². The van der Waals surface area contributed by atoms with E-state index in [1.807, 2.05) is 68.2 Å². The van der Waals surface area contributed by atoms with Crippen LogP contribution in [0.5, 0.6) is 0 Å². The van der Waals surface area contributed by atoms with Crippen LogP contribution >= 0.6 is 0 Å². The van der Waals surface area contributed by atoms with Crippen molar-refractivity contribution >= 4 is 18.2 Å². The minimum Gasteiger partial charge on any atom is -0.468 e. The summed E-state index contributed by atoms with van der Waals surface area (Å²) in [6.45, 7) is 6.58. The smallest absolute Gasteiger partial charge is 0.410 e. The molecule has 1 fully saturated rings. The van der Waals surface area contributed by atoms with Crippen LogP contribution in [0.2, 0.25) is 0 Å². The number of carbonyl (C=O) groups is 3. The molecule has 3 rings (SSSR count). The maximum Gasteiger partial charge on any atom is 0.410 e. The van der Waals surface area contributed by atoms with E-state index in [0.717, 1.165) is 5.56 Å². The monoisotopic (exact) mass is 473 g/mol. The molecule has 0 saturated carbocycles. The summed E-state index contributed by atoms with van der Waals surface area (Å²) in [5, 5.41) is 2.91. The zero-order chi connectivity index (χ0) is 24.7. The van der Waals surface area contributed by atoms with Crippen LogP contribution in [0.3, 0.4) is 0 Å². The predicted octanol–water partition coefficient (Wildman–Crippen LogP) is 3.09. The Labute approximate surface area is 201 Å². The highest BCUT2D eigenvalue weighted by molar-refractivity contribution is 5.78. The minimum absolute atomic E-state index is 0.124. The van der Waals surface area contributed by atoms with Crippen molar-refractivity contribution in [2.75, 3.05) is 26.7 Å². The number of nitrogens with one attached hydrogen (secondary N) is 1. The van der Waals surface area contributed by atoms with Gasteiger partial charge in [-0.1, -0.05) is 42.5 Å². The van der Waals surface area contributed by atoms with Crippen LogP contribution in [-0.4, -0.2) is 78.4 Å². The highest BCUT2D eigenvalue weighted by Gasteiger charge is 2.42. The van der Waals surface area contributed by atoms with Crippen LogP contribution in [0, 0.1) is 0 Å². The molecule has 9 heteroatoms. The topological polar surface area (TPSA) is 97.4 Å². The number of rotatable bonds is 4. The van der Waals surface area contributed by atoms with Crippen molar-refractivity contribution in [1.82, 2.24) is 15.1 Å². The number of alkyl carbamates (subject to hydrolysis) is 1. The molecule has 2 aliphatic heterocycles. The van der Waals surface area contributed by atoms with Gasteiger partial charge in [-0.2, -0.15) is 0 Å². The summed E-state index contributed by atoms with van der Waals surface area (Å²) in [4.78, 5) is 41.5. The predicted molar refractivity (Wildman–Crippen MR) is 126 cm³/mol. The van der Waals surface area contributed by atoms with E-state index in [1.54, 1.807) is 4.90 Å². The number of nitrogens with zero attached hydrogens (tertiary/aromatic N) is 2. The van der Waals surface area contributed by atoms with Gasteiger partial charge in [-0.25, -0.2) is 9.59 Å². The van der Waals surface area contributed by atoms with Gasteiger partial charge in [0, 0.05) is 25.2 Å². The summed E-state index contributed by atoms with van der Waals surface area (Å²) in [5.41, 5.74) is 0.286. The van der Waals surface area contributed by atoms with E-state index in [2.05, 4.69) is 5.32 Å².